The van der Waals surface area contributed by atoms with Gasteiger partial charge in [-0.1, -0.05) is 38.8 Å². The summed E-state index contributed by atoms with van der Waals surface area (Å²) in [4.78, 5) is 14.4. The van der Waals surface area contributed by atoms with Gasteiger partial charge in [-0.3, -0.25) is 9.48 Å². The quantitative estimate of drug-likeness (QED) is 0.690. The zero-order valence-corrected chi connectivity index (χ0v) is 16.6. The van der Waals surface area contributed by atoms with Crippen molar-refractivity contribution < 1.29 is 9.18 Å². The maximum Gasteiger partial charge on any atom is 0.261 e. The third kappa shape index (κ3) is 3.27. The molecule has 2 heterocycles. The van der Waals surface area contributed by atoms with E-state index >= 15 is 0 Å². The van der Waals surface area contributed by atoms with E-state index < -0.39 is 0 Å². The number of nitrogens with one attached hydrogen (secondary N) is 1. The van der Waals surface area contributed by atoms with Crippen LogP contribution in [0, 0.1) is 17.7 Å². The van der Waals surface area contributed by atoms with Crippen molar-refractivity contribution in [2.45, 2.75) is 39.2 Å². The highest BCUT2D eigenvalue weighted by Gasteiger charge is 2.29. The minimum atomic E-state index is -0.306. The summed E-state index contributed by atoms with van der Waals surface area (Å²) in [6.07, 6.45) is 3.42. The molecule has 4 nitrogen and oxygen atoms in total. The fraction of sp³-hybridized carbons (Fsp3) is 0.429. The van der Waals surface area contributed by atoms with E-state index in [1.165, 1.54) is 23.8 Å². The van der Waals surface area contributed by atoms with Crippen LogP contribution in [0.2, 0.25) is 0 Å². The third-order valence-electron chi connectivity index (χ3n) is 5.89. The average Bonchev–Trinajstić information content (AvgIpc) is 3.20. The smallest absolute Gasteiger partial charge is 0.261 e. The second-order valence-electron chi connectivity index (χ2n) is 7.63. The van der Waals surface area contributed by atoms with Crippen LogP contribution in [0.4, 0.5) is 4.39 Å². The predicted molar refractivity (Wildman–Crippen MR) is 107 cm³/mol. The maximum absolute atomic E-state index is 14.2. The van der Waals surface area contributed by atoms with Crippen LogP contribution >= 0.6 is 11.3 Å². The molecule has 1 amide bonds. The summed E-state index contributed by atoms with van der Waals surface area (Å²) < 4.78 is 16.0. The second kappa shape index (κ2) is 7.08. The number of carbonyl (C=O) groups excluding carboxylic acids is 1. The predicted octanol–water partition coefficient (Wildman–Crippen LogP) is 5.00. The third-order valence-corrected chi connectivity index (χ3v) is 7.09. The molecule has 0 aliphatic heterocycles. The number of carbonyl (C=O) groups is 1. The Balaban J connectivity index is 1.65. The van der Waals surface area contributed by atoms with E-state index in [4.69, 9.17) is 0 Å². The molecule has 2 aromatic heterocycles. The minimum Gasteiger partial charge on any atom is -0.348 e. The summed E-state index contributed by atoms with van der Waals surface area (Å²) in [5.41, 5.74) is 1.04. The van der Waals surface area contributed by atoms with Gasteiger partial charge in [0.2, 0.25) is 0 Å². The minimum absolute atomic E-state index is 0.0402. The average molecular weight is 386 g/mol. The number of halogens is 1. The largest absolute Gasteiger partial charge is 0.348 e. The molecule has 6 heteroatoms. The highest BCUT2D eigenvalue weighted by atomic mass is 32.1. The van der Waals surface area contributed by atoms with Gasteiger partial charge in [0.05, 0.1) is 4.88 Å². The molecule has 4 rings (SSSR count). The molecule has 1 N–H and O–H groups in total. The number of aryl methyl sites for hydroxylation is 1. The van der Waals surface area contributed by atoms with Gasteiger partial charge in [0.15, 0.2) is 0 Å². The van der Waals surface area contributed by atoms with E-state index in [1.54, 1.807) is 22.9 Å². The molecule has 0 saturated heterocycles. The number of amides is 1. The first-order chi connectivity index (χ1) is 13.0. The molecule has 0 bridgehead atoms. The van der Waals surface area contributed by atoms with Crippen molar-refractivity contribution >= 4 is 27.5 Å². The van der Waals surface area contributed by atoms with Crippen molar-refractivity contribution in [1.82, 2.24) is 15.1 Å². The fourth-order valence-corrected chi connectivity index (χ4v) is 5.01. The molecule has 1 aliphatic carbocycles. The van der Waals surface area contributed by atoms with Gasteiger partial charge in [0, 0.05) is 24.0 Å². The number of hydrogen-bond acceptors (Lipinski definition) is 3. The lowest BCUT2D eigenvalue weighted by Crippen LogP contribution is -2.43. The van der Waals surface area contributed by atoms with Crippen LogP contribution in [-0.2, 0) is 7.05 Å². The Morgan fingerprint density at radius 2 is 2.07 bits per heavy atom. The van der Waals surface area contributed by atoms with Gasteiger partial charge < -0.3 is 5.32 Å². The zero-order chi connectivity index (χ0) is 19.1. The van der Waals surface area contributed by atoms with Crippen molar-refractivity contribution in [3.05, 3.63) is 41.0 Å². The number of benzene rings is 1. The van der Waals surface area contributed by atoms with E-state index in [0.29, 0.717) is 28.0 Å². The molecule has 27 heavy (non-hydrogen) atoms. The standard InChI is InChI=1S/C21H24FN3OS/c1-12-7-6-10-17(13(12)2)23-20(26)18-11-15-19(24-25(3)21(15)27-18)14-8-4-5-9-16(14)22/h4-5,8-9,11-13,17H,6-7,10H2,1-3H3,(H,23,26)/t12-,13-,17-/m1/s1. The highest BCUT2D eigenvalue weighted by Crippen LogP contribution is 2.35. The Hall–Kier alpha value is -2.21. The van der Waals surface area contributed by atoms with Gasteiger partial charge in [-0.15, -0.1) is 11.3 Å². The molecule has 0 spiro atoms. The zero-order valence-electron chi connectivity index (χ0n) is 15.8. The van der Waals surface area contributed by atoms with Crippen LogP contribution in [0.3, 0.4) is 0 Å². The summed E-state index contributed by atoms with van der Waals surface area (Å²) in [6, 6.07) is 8.68. The number of hydrogen-bond donors (Lipinski definition) is 1. The molecule has 3 atom stereocenters. The number of aromatic nitrogens is 2. The topological polar surface area (TPSA) is 46.9 Å². The normalized spacial score (nSPS) is 22.9. The molecule has 1 saturated carbocycles. The van der Waals surface area contributed by atoms with Crippen molar-refractivity contribution in [2.75, 3.05) is 0 Å². The van der Waals surface area contributed by atoms with Gasteiger partial charge in [-0.2, -0.15) is 5.10 Å². The summed E-state index contributed by atoms with van der Waals surface area (Å²) in [6.45, 7) is 4.48. The van der Waals surface area contributed by atoms with Crippen LogP contribution in [0.15, 0.2) is 30.3 Å². The lowest BCUT2D eigenvalue weighted by atomic mass is 9.78. The first kappa shape index (κ1) is 18.2. The van der Waals surface area contributed by atoms with E-state index in [2.05, 4.69) is 24.3 Å². The number of thiophene rings is 1. The molecular formula is C21H24FN3OS. The fourth-order valence-electron chi connectivity index (χ4n) is 4.03. The number of nitrogens with zero attached hydrogens (tertiary/aromatic N) is 2. The van der Waals surface area contributed by atoms with E-state index in [-0.39, 0.29) is 17.8 Å². The molecule has 1 fully saturated rings. The lowest BCUT2D eigenvalue weighted by Gasteiger charge is -2.34. The van der Waals surface area contributed by atoms with E-state index in [0.717, 1.165) is 23.1 Å². The maximum atomic E-state index is 14.2. The number of fused-ring (bicyclic) bond motifs is 1. The first-order valence-corrected chi connectivity index (χ1v) is 10.3. The van der Waals surface area contributed by atoms with E-state index in [9.17, 15) is 9.18 Å². The molecule has 142 valence electrons. The summed E-state index contributed by atoms with van der Waals surface area (Å²) >= 11 is 1.41. The van der Waals surface area contributed by atoms with Crippen LogP contribution in [0.5, 0.6) is 0 Å². The molecule has 0 radical (unpaired) electrons. The van der Waals surface area contributed by atoms with Crippen LogP contribution in [0.1, 0.15) is 42.8 Å². The van der Waals surface area contributed by atoms with Gasteiger partial charge in [-0.25, -0.2) is 4.39 Å². The van der Waals surface area contributed by atoms with E-state index in [1.807, 2.05) is 13.1 Å². The van der Waals surface area contributed by atoms with Crippen LogP contribution < -0.4 is 5.32 Å². The van der Waals surface area contributed by atoms with Crippen molar-refractivity contribution in [2.24, 2.45) is 18.9 Å². The van der Waals surface area contributed by atoms with Gasteiger partial charge in [0.1, 0.15) is 16.3 Å². The first-order valence-electron chi connectivity index (χ1n) is 9.48. The van der Waals surface area contributed by atoms with Gasteiger partial charge in [-0.05, 0) is 36.5 Å². The summed E-state index contributed by atoms with van der Waals surface area (Å²) in [7, 11) is 1.83. The Kier molecular flexibility index (Phi) is 4.76. The van der Waals surface area contributed by atoms with Crippen LogP contribution in [-0.4, -0.2) is 21.7 Å². The Morgan fingerprint density at radius 1 is 1.30 bits per heavy atom. The summed E-state index contributed by atoms with van der Waals surface area (Å²) in [5.74, 6) is 0.761. The molecule has 0 unspecified atom stereocenters. The Bertz CT molecular complexity index is 993. The molecule has 1 aromatic carbocycles. The molecular weight excluding hydrogens is 361 g/mol. The van der Waals surface area contributed by atoms with Gasteiger partial charge in [0.25, 0.3) is 5.91 Å². The van der Waals surface area contributed by atoms with Crippen molar-refractivity contribution in [3.8, 4) is 11.3 Å². The van der Waals surface area contributed by atoms with Crippen LogP contribution in [0.25, 0.3) is 21.5 Å². The second-order valence-corrected chi connectivity index (χ2v) is 8.66. The van der Waals surface area contributed by atoms with Crippen molar-refractivity contribution in [3.63, 3.8) is 0 Å². The Morgan fingerprint density at radius 3 is 2.85 bits per heavy atom. The lowest BCUT2D eigenvalue weighted by molar-refractivity contribution is 0.0895. The number of rotatable bonds is 3. The monoisotopic (exact) mass is 385 g/mol. The highest BCUT2D eigenvalue weighted by molar-refractivity contribution is 7.20. The summed E-state index contributed by atoms with van der Waals surface area (Å²) in [5, 5.41) is 8.52. The molecule has 1 aliphatic rings. The SMILES string of the molecule is C[C@@H]1[C@H](C)CCC[C@H]1NC(=O)c1cc2c(-c3ccccc3F)nn(C)c2s1. The van der Waals surface area contributed by atoms with Gasteiger partial charge >= 0.3 is 0 Å². The van der Waals surface area contributed by atoms with Crippen molar-refractivity contribution in [1.29, 1.82) is 0 Å². The Labute approximate surface area is 162 Å². The molecule has 3 aromatic rings.